The average Bonchev–Trinajstić information content (AvgIpc) is 2.59. The van der Waals surface area contributed by atoms with Crippen LogP contribution in [0.5, 0.6) is 0 Å². The normalized spacial score (nSPS) is 14.2. The quantitative estimate of drug-likeness (QED) is 0.154. The fourth-order valence-electron chi connectivity index (χ4n) is 2.63. The Kier molecular flexibility index (Phi) is 14.8. The fourth-order valence-corrected chi connectivity index (χ4v) is 7.21. The number of unbranched alkanes of at least 4 members (excludes halogenated alkanes) is 10. The van der Waals surface area contributed by atoms with Gasteiger partial charge < -0.3 is 0 Å². The summed E-state index contributed by atoms with van der Waals surface area (Å²) in [5.74, 6) is 0. The number of hydrogen-bond acceptors (Lipinski definition) is 4. The van der Waals surface area contributed by atoms with Crippen molar-refractivity contribution in [2.45, 2.75) is 97.8 Å². The van der Waals surface area contributed by atoms with E-state index in [4.69, 9.17) is 13.4 Å². The fraction of sp³-hybridized carbons (Fsp3) is 1.00. The van der Waals surface area contributed by atoms with Crippen LogP contribution in [0.15, 0.2) is 0 Å². The van der Waals surface area contributed by atoms with Crippen molar-refractivity contribution in [3.05, 3.63) is 0 Å². The molecule has 0 aromatic rings. The molecular formula is C21H48O4P2. The molecule has 0 radical (unpaired) electrons. The van der Waals surface area contributed by atoms with Crippen LogP contribution in [0.3, 0.4) is 0 Å². The van der Waals surface area contributed by atoms with E-state index >= 15 is 0 Å². The van der Waals surface area contributed by atoms with Gasteiger partial charge in [0.1, 0.15) is 0 Å². The van der Waals surface area contributed by atoms with Gasteiger partial charge in [-0.15, -0.1) is 0 Å². The molecule has 0 fully saturated rings. The molecule has 0 rings (SSSR count). The molecule has 27 heavy (non-hydrogen) atoms. The number of phosphoric ester groups is 1. The molecule has 6 heteroatoms. The summed E-state index contributed by atoms with van der Waals surface area (Å²) in [7, 11) is -3.49. The standard InChI is InChI=1S/C21H48O4P2/c1-7-10-12-14-16-18-20-23-26(22,25-27(4,5,6)9-3)24-21-19-17-15-13-11-8-2/h7-21H2,1-6H3. The molecule has 0 aliphatic carbocycles. The molecule has 0 bridgehead atoms. The third kappa shape index (κ3) is 16.1. The van der Waals surface area contributed by atoms with Gasteiger partial charge >= 0.3 is 170 Å². The Bertz CT molecular complexity index is 383. The summed E-state index contributed by atoms with van der Waals surface area (Å²) in [6.45, 7) is 11.2. The molecule has 4 nitrogen and oxygen atoms in total. The van der Waals surface area contributed by atoms with Gasteiger partial charge in [0, 0.05) is 0 Å². The van der Waals surface area contributed by atoms with E-state index in [2.05, 4.69) is 40.8 Å². The summed E-state index contributed by atoms with van der Waals surface area (Å²) >= 11 is 0. The molecule has 0 N–H and O–H groups in total. The molecule has 0 aromatic carbocycles. The van der Waals surface area contributed by atoms with Gasteiger partial charge in [-0.3, -0.25) is 0 Å². The van der Waals surface area contributed by atoms with Crippen molar-refractivity contribution in [1.29, 1.82) is 0 Å². The van der Waals surface area contributed by atoms with Gasteiger partial charge in [-0.1, -0.05) is 0 Å². The van der Waals surface area contributed by atoms with Gasteiger partial charge in [0.25, 0.3) is 0 Å². The zero-order chi connectivity index (χ0) is 20.7. The Balaban J connectivity index is 4.39. The predicted molar refractivity (Wildman–Crippen MR) is 123 cm³/mol. The molecule has 0 amide bonds. The molecule has 0 spiro atoms. The number of hydrogen-bond donors (Lipinski definition) is 0. The summed E-state index contributed by atoms with van der Waals surface area (Å²) in [5, 5.41) is 0. The number of rotatable bonds is 19. The van der Waals surface area contributed by atoms with E-state index in [9.17, 15) is 4.57 Å². The van der Waals surface area contributed by atoms with Gasteiger partial charge in [0.05, 0.1) is 0 Å². The van der Waals surface area contributed by atoms with Crippen molar-refractivity contribution in [1.82, 2.24) is 0 Å². The van der Waals surface area contributed by atoms with E-state index < -0.39 is 14.7 Å². The van der Waals surface area contributed by atoms with Crippen molar-refractivity contribution in [3.8, 4) is 0 Å². The summed E-state index contributed by atoms with van der Waals surface area (Å²) in [4.78, 5) is 0. The molecular weight excluding hydrogens is 378 g/mol. The van der Waals surface area contributed by atoms with Crippen molar-refractivity contribution >= 4 is 14.7 Å². The Morgan fingerprint density at radius 2 is 1.00 bits per heavy atom. The van der Waals surface area contributed by atoms with Crippen molar-refractivity contribution in [2.24, 2.45) is 0 Å². The van der Waals surface area contributed by atoms with Gasteiger partial charge in [-0.05, 0) is 0 Å². The van der Waals surface area contributed by atoms with Gasteiger partial charge in [-0.25, -0.2) is 0 Å². The van der Waals surface area contributed by atoms with E-state index in [1.54, 1.807) is 0 Å². The zero-order valence-corrected chi connectivity index (χ0v) is 20.9. The topological polar surface area (TPSA) is 44.8 Å². The van der Waals surface area contributed by atoms with Gasteiger partial charge in [0.2, 0.25) is 0 Å². The van der Waals surface area contributed by atoms with E-state index in [-0.39, 0.29) is 0 Å². The SMILES string of the molecule is CCCCCCCCOP(=O)(OCCCCCCCC)OP(C)(C)(C)CC. The molecule has 0 aliphatic heterocycles. The monoisotopic (exact) mass is 426 g/mol. The first kappa shape index (κ1) is 27.5. The van der Waals surface area contributed by atoms with Crippen LogP contribution < -0.4 is 0 Å². The molecule has 0 heterocycles. The van der Waals surface area contributed by atoms with Crippen LogP contribution in [0.25, 0.3) is 0 Å². The Hall–Kier alpha value is 0.540. The van der Waals surface area contributed by atoms with Crippen LogP contribution in [-0.4, -0.2) is 39.4 Å². The summed E-state index contributed by atoms with van der Waals surface area (Å²) < 4.78 is 30.8. The van der Waals surface area contributed by atoms with E-state index in [1.165, 1.54) is 51.4 Å². The maximum atomic E-state index is 13.2. The summed E-state index contributed by atoms with van der Waals surface area (Å²) in [5.41, 5.74) is 0. The van der Waals surface area contributed by atoms with E-state index in [0.29, 0.717) is 13.2 Å². The molecule has 0 saturated carbocycles. The first-order chi connectivity index (χ1) is 12.7. The molecule has 0 aliphatic rings. The second-order valence-corrected chi connectivity index (χ2v) is 17.6. The minimum absolute atomic E-state index is 0.454. The maximum absolute atomic E-state index is 13.2. The molecule has 0 aromatic heterocycles. The molecule has 0 saturated heterocycles. The molecule has 0 atom stereocenters. The zero-order valence-electron chi connectivity index (χ0n) is 19.1. The Morgan fingerprint density at radius 3 is 1.37 bits per heavy atom. The second kappa shape index (κ2) is 14.5. The third-order valence-electron chi connectivity index (χ3n) is 4.98. The van der Waals surface area contributed by atoms with E-state index in [0.717, 1.165) is 31.8 Å². The Morgan fingerprint density at radius 1 is 0.630 bits per heavy atom. The van der Waals surface area contributed by atoms with Crippen LogP contribution >= 0.6 is 14.7 Å². The van der Waals surface area contributed by atoms with Gasteiger partial charge in [-0.2, -0.15) is 0 Å². The Labute approximate surface area is 170 Å². The first-order valence-electron chi connectivity index (χ1n) is 11.3. The van der Waals surface area contributed by atoms with Crippen LogP contribution in [-0.2, 0) is 17.9 Å². The van der Waals surface area contributed by atoms with Gasteiger partial charge in [0.15, 0.2) is 0 Å². The van der Waals surface area contributed by atoms with Crippen molar-refractivity contribution in [2.75, 3.05) is 39.4 Å². The summed E-state index contributed by atoms with van der Waals surface area (Å²) in [6.07, 6.45) is 14.9. The molecule has 0 unspecified atom stereocenters. The van der Waals surface area contributed by atoms with Crippen LogP contribution in [0.4, 0.5) is 0 Å². The summed E-state index contributed by atoms with van der Waals surface area (Å²) in [6, 6.07) is 0. The molecule has 166 valence electrons. The first-order valence-corrected chi connectivity index (χ1v) is 16.4. The van der Waals surface area contributed by atoms with Crippen LogP contribution in [0.2, 0.25) is 0 Å². The predicted octanol–water partition coefficient (Wildman–Crippen LogP) is 8.24. The van der Waals surface area contributed by atoms with Crippen molar-refractivity contribution < 1.29 is 17.9 Å². The van der Waals surface area contributed by atoms with E-state index in [1.807, 2.05) is 0 Å². The second-order valence-electron chi connectivity index (χ2n) is 9.01. The number of phosphoric acid groups is 1. The third-order valence-corrected chi connectivity index (χ3v) is 11.3. The van der Waals surface area contributed by atoms with Crippen LogP contribution in [0, 0.1) is 0 Å². The van der Waals surface area contributed by atoms with Crippen molar-refractivity contribution in [3.63, 3.8) is 0 Å². The average molecular weight is 427 g/mol. The minimum atomic E-state index is -3.49. The van der Waals surface area contributed by atoms with Crippen LogP contribution in [0.1, 0.15) is 97.8 Å².